The number of pyridine rings is 1. The van der Waals surface area contributed by atoms with Crippen molar-refractivity contribution >= 4 is 33.3 Å². The number of amides is 1. The predicted octanol–water partition coefficient (Wildman–Crippen LogP) is 3.56. The van der Waals surface area contributed by atoms with Gasteiger partial charge in [0.05, 0.1) is 12.0 Å². The fraction of sp³-hybridized carbons (Fsp3) is 0.368. The van der Waals surface area contributed by atoms with Gasteiger partial charge in [-0.25, -0.2) is 23.2 Å². The fourth-order valence-corrected chi connectivity index (χ4v) is 4.43. The van der Waals surface area contributed by atoms with Crippen molar-refractivity contribution in [1.29, 1.82) is 0 Å². The van der Waals surface area contributed by atoms with Crippen LogP contribution in [0.2, 0.25) is 5.02 Å². The molecule has 2 rings (SSSR count). The van der Waals surface area contributed by atoms with Gasteiger partial charge in [-0.15, -0.1) is 0 Å². The van der Waals surface area contributed by atoms with Gasteiger partial charge in [0, 0.05) is 24.2 Å². The zero-order chi connectivity index (χ0) is 20.4. The quantitative estimate of drug-likeness (QED) is 0.439. The summed E-state index contributed by atoms with van der Waals surface area (Å²) in [7, 11) is -2.39. The summed E-state index contributed by atoms with van der Waals surface area (Å²) in [6.45, 7) is 0.288. The molecule has 0 spiro atoms. The highest BCUT2D eigenvalue weighted by atomic mass is 35.5. The molecule has 152 valence electrons. The number of unbranched alkanes of at least 4 members (excludes halogenated alkanes) is 3. The van der Waals surface area contributed by atoms with E-state index in [4.69, 9.17) is 11.6 Å². The summed E-state index contributed by atoms with van der Waals surface area (Å²) >= 11 is 5.97. The maximum absolute atomic E-state index is 13.1. The average Bonchev–Trinajstić information content (AvgIpc) is 2.68. The van der Waals surface area contributed by atoms with Gasteiger partial charge >= 0.3 is 0 Å². The SMILES string of the molecule is CONC(=O)CCCCCCN(c1ccccn1)S(=O)(=O)c1cccc(Cl)c1. The number of hydroxylamine groups is 1. The summed E-state index contributed by atoms with van der Waals surface area (Å²) in [4.78, 5) is 20.2. The molecule has 0 bridgehead atoms. The molecule has 1 aromatic heterocycles. The van der Waals surface area contributed by atoms with Gasteiger partial charge in [-0.1, -0.05) is 36.6 Å². The molecule has 1 amide bonds. The third-order valence-electron chi connectivity index (χ3n) is 4.02. The van der Waals surface area contributed by atoms with Gasteiger partial charge in [0.2, 0.25) is 5.91 Å². The van der Waals surface area contributed by atoms with Crippen LogP contribution in [-0.4, -0.2) is 33.0 Å². The minimum Gasteiger partial charge on any atom is -0.277 e. The number of aromatic nitrogens is 1. The first-order chi connectivity index (χ1) is 13.4. The van der Waals surface area contributed by atoms with E-state index in [0.29, 0.717) is 30.1 Å². The first kappa shape index (κ1) is 22.1. The lowest BCUT2D eigenvalue weighted by Crippen LogP contribution is -2.32. The number of benzene rings is 1. The molecule has 0 fully saturated rings. The molecule has 1 aromatic carbocycles. The number of nitrogens with zero attached hydrogens (tertiary/aromatic N) is 2. The molecule has 0 saturated heterocycles. The van der Waals surface area contributed by atoms with Gasteiger partial charge < -0.3 is 0 Å². The number of sulfonamides is 1. The molecular formula is C19H24ClN3O4S. The molecule has 1 heterocycles. The summed E-state index contributed by atoms with van der Waals surface area (Å²) < 4.78 is 27.6. The summed E-state index contributed by atoms with van der Waals surface area (Å²) in [6, 6.07) is 11.3. The molecule has 0 aliphatic rings. The van der Waals surface area contributed by atoms with Crippen LogP contribution in [-0.2, 0) is 19.7 Å². The van der Waals surface area contributed by atoms with Crippen LogP contribution in [0.15, 0.2) is 53.6 Å². The minimum atomic E-state index is -3.78. The van der Waals surface area contributed by atoms with Crippen LogP contribution in [0.3, 0.4) is 0 Å². The Labute approximate surface area is 170 Å². The van der Waals surface area contributed by atoms with Gasteiger partial charge in [0.1, 0.15) is 5.82 Å². The highest BCUT2D eigenvalue weighted by molar-refractivity contribution is 7.92. The Morgan fingerprint density at radius 2 is 1.93 bits per heavy atom. The fourth-order valence-electron chi connectivity index (χ4n) is 2.67. The van der Waals surface area contributed by atoms with E-state index in [1.54, 1.807) is 36.5 Å². The van der Waals surface area contributed by atoms with Crippen molar-refractivity contribution in [2.75, 3.05) is 18.0 Å². The Morgan fingerprint density at radius 1 is 1.14 bits per heavy atom. The number of hydrogen-bond donors (Lipinski definition) is 1. The normalized spacial score (nSPS) is 11.2. The van der Waals surface area contributed by atoms with Gasteiger partial charge in [0.25, 0.3) is 10.0 Å². The summed E-state index contributed by atoms with van der Waals surface area (Å²) in [5.41, 5.74) is 2.27. The molecule has 28 heavy (non-hydrogen) atoms. The molecule has 0 aliphatic carbocycles. The second-order valence-electron chi connectivity index (χ2n) is 6.12. The maximum atomic E-state index is 13.1. The molecule has 7 nitrogen and oxygen atoms in total. The Kier molecular flexibility index (Phi) is 8.69. The Morgan fingerprint density at radius 3 is 2.61 bits per heavy atom. The number of carbonyl (C=O) groups is 1. The lowest BCUT2D eigenvalue weighted by molar-refractivity contribution is -0.131. The Bertz CT molecular complexity index is 862. The largest absolute Gasteiger partial charge is 0.277 e. The summed E-state index contributed by atoms with van der Waals surface area (Å²) in [5.74, 6) is 0.197. The Balaban J connectivity index is 2.02. The number of carbonyl (C=O) groups excluding carboxylic acids is 1. The van der Waals surface area contributed by atoms with E-state index in [2.05, 4.69) is 15.3 Å². The van der Waals surface area contributed by atoms with E-state index in [0.717, 1.165) is 12.8 Å². The standard InChI is InChI=1S/C19H24ClN3O4S/c1-27-22-19(24)12-4-2-3-7-14-23(18-11-5-6-13-21-18)28(25,26)17-10-8-9-16(20)15-17/h5-6,8-11,13,15H,2-4,7,12,14H2,1H3,(H,22,24). The average molecular weight is 426 g/mol. The smallest absolute Gasteiger partial charge is 0.265 e. The van der Waals surface area contributed by atoms with Crippen molar-refractivity contribution in [3.8, 4) is 0 Å². The lowest BCUT2D eigenvalue weighted by Gasteiger charge is -2.23. The molecule has 1 N–H and O–H groups in total. The van der Waals surface area contributed by atoms with Gasteiger partial charge in [-0.2, -0.15) is 0 Å². The summed E-state index contributed by atoms with van der Waals surface area (Å²) in [5, 5.41) is 0.358. The molecule has 0 atom stereocenters. The first-order valence-corrected chi connectivity index (χ1v) is 10.8. The van der Waals surface area contributed by atoms with E-state index in [9.17, 15) is 13.2 Å². The number of hydrogen-bond acceptors (Lipinski definition) is 5. The van der Waals surface area contributed by atoms with Crippen molar-refractivity contribution < 1.29 is 18.0 Å². The van der Waals surface area contributed by atoms with Crippen LogP contribution < -0.4 is 9.79 Å². The van der Waals surface area contributed by atoms with Crippen molar-refractivity contribution in [3.05, 3.63) is 53.7 Å². The first-order valence-electron chi connectivity index (χ1n) is 8.96. The van der Waals surface area contributed by atoms with Crippen LogP contribution in [0, 0.1) is 0 Å². The topological polar surface area (TPSA) is 88.6 Å². The van der Waals surface area contributed by atoms with Crippen LogP contribution in [0.5, 0.6) is 0 Å². The van der Waals surface area contributed by atoms with Crippen molar-refractivity contribution in [3.63, 3.8) is 0 Å². The molecule has 0 saturated carbocycles. The highest BCUT2D eigenvalue weighted by Crippen LogP contribution is 2.24. The van der Waals surface area contributed by atoms with Crippen LogP contribution in [0.4, 0.5) is 5.82 Å². The van der Waals surface area contributed by atoms with Gasteiger partial charge in [0.15, 0.2) is 0 Å². The van der Waals surface area contributed by atoms with Gasteiger partial charge in [-0.3, -0.25) is 9.63 Å². The van der Waals surface area contributed by atoms with Crippen molar-refractivity contribution in [2.24, 2.45) is 0 Å². The van der Waals surface area contributed by atoms with E-state index in [-0.39, 0.29) is 17.3 Å². The number of nitrogens with one attached hydrogen (secondary N) is 1. The number of rotatable bonds is 11. The van der Waals surface area contributed by atoms with E-state index in [1.807, 2.05) is 0 Å². The highest BCUT2D eigenvalue weighted by Gasteiger charge is 2.25. The summed E-state index contributed by atoms with van der Waals surface area (Å²) in [6.07, 6.45) is 4.88. The molecule has 0 unspecified atom stereocenters. The minimum absolute atomic E-state index is 0.127. The molecular weight excluding hydrogens is 402 g/mol. The molecule has 0 radical (unpaired) electrons. The van der Waals surface area contributed by atoms with Crippen LogP contribution in [0.25, 0.3) is 0 Å². The molecule has 2 aromatic rings. The zero-order valence-corrected chi connectivity index (χ0v) is 17.2. The van der Waals surface area contributed by atoms with Crippen molar-refractivity contribution in [1.82, 2.24) is 10.5 Å². The maximum Gasteiger partial charge on any atom is 0.265 e. The van der Waals surface area contributed by atoms with E-state index in [1.165, 1.54) is 23.5 Å². The third-order valence-corrected chi connectivity index (χ3v) is 6.05. The third kappa shape index (κ3) is 6.47. The molecule has 9 heteroatoms. The Hall–Kier alpha value is -2.16. The number of halogens is 1. The lowest BCUT2D eigenvalue weighted by atomic mass is 10.1. The monoisotopic (exact) mass is 425 g/mol. The van der Waals surface area contributed by atoms with E-state index >= 15 is 0 Å². The predicted molar refractivity (Wildman–Crippen MR) is 108 cm³/mol. The molecule has 0 aliphatic heterocycles. The van der Waals surface area contributed by atoms with Gasteiger partial charge in [-0.05, 0) is 43.2 Å². The second kappa shape index (κ2) is 11.0. The number of anilines is 1. The zero-order valence-electron chi connectivity index (χ0n) is 15.7. The van der Waals surface area contributed by atoms with Crippen LogP contribution >= 0.6 is 11.6 Å². The van der Waals surface area contributed by atoms with Crippen LogP contribution in [0.1, 0.15) is 32.1 Å². The van der Waals surface area contributed by atoms with Crippen molar-refractivity contribution in [2.45, 2.75) is 37.0 Å². The van der Waals surface area contributed by atoms with E-state index < -0.39 is 10.0 Å². The second-order valence-corrected chi connectivity index (χ2v) is 8.41.